The Balaban J connectivity index is 1.49. The van der Waals surface area contributed by atoms with Crippen LogP contribution in [0.2, 0.25) is 0 Å². The van der Waals surface area contributed by atoms with Gasteiger partial charge in [-0.15, -0.1) is 0 Å². The van der Waals surface area contributed by atoms with Gasteiger partial charge in [-0.25, -0.2) is 14.7 Å². The first-order valence-electron chi connectivity index (χ1n) is 13.2. The summed E-state index contributed by atoms with van der Waals surface area (Å²) in [4.78, 5) is 12.7. The number of nitrogens with one attached hydrogen (secondary N) is 1. The first kappa shape index (κ1) is 23.2. The minimum Gasteiger partial charge on any atom is -0.337 e. The number of aromatic nitrogens is 2. The Morgan fingerprint density at radius 3 is 2.28 bits per heavy atom. The fourth-order valence-electron chi connectivity index (χ4n) is 5.47. The van der Waals surface area contributed by atoms with Gasteiger partial charge in [0.1, 0.15) is 0 Å². The topological polar surface area (TPSA) is 57.8 Å². The molecule has 1 aromatic heterocycles. The molecule has 0 aliphatic carbocycles. The second-order valence-electron chi connectivity index (χ2n) is 10.1. The van der Waals surface area contributed by atoms with Crippen molar-refractivity contribution in [3.63, 3.8) is 0 Å². The molecule has 1 atom stereocenters. The van der Waals surface area contributed by atoms with Crippen molar-refractivity contribution in [2.45, 2.75) is 26.8 Å². The van der Waals surface area contributed by atoms with Gasteiger partial charge in [0.05, 0.1) is 28.8 Å². The summed E-state index contributed by atoms with van der Waals surface area (Å²) in [5, 5.41) is 8.61. The molecule has 0 amide bonds. The molecular formula is C33H28N6. The summed E-state index contributed by atoms with van der Waals surface area (Å²) >= 11 is 0. The van der Waals surface area contributed by atoms with Gasteiger partial charge in [-0.2, -0.15) is 5.10 Å². The van der Waals surface area contributed by atoms with E-state index in [0.717, 1.165) is 45.7 Å². The molecule has 0 radical (unpaired) electrons. The lowest BCUT2D eigenvalue weighted by Gasteiger charge is -2.40. The molecule has 7 rings (SSSR count). The number of fused-ring (bicyclic) bond motifs is 4. The Bertz CT molecular complexity index is 1760. The van der Waals surface area contributed by atoms with E-state index in [4.69, 9.17) is 15.1 Å². The highest BCUT2D eigenvalue weighted by Crippen LogP contribution is 2.48. The average molecular weight is 509 g/mol. The lowest BCUT2D eigenvalue weighted by molar-refractivity contribution is 0.815. The number of hydrogen-bond acceptors (Lipinski definition) is 5. The van der Waals surface area contributed by atoms with E-state index >= 15 is 0 Å². The van der Waals surface area contributed by atoms with Crippen molar-refractivity contribution >= 4 is 34.6 Å². The molecule has 4 aromatic carbocycles. The predicted octanol–water partition coefficient (Wildman–Crippen LogP) is 7.59. The van der Waals surface area contributed by atoms with Crippen LogP contribution < -0.4 is 10.2 Å². The molecule has 190 valence electrons. The molecule has 2 aliphatic heterocycles. The van der Waals surface area contributed by atoms with Crippen molar-refractivity contribution in [1.29, 1.82) is 0 Å². The second kappa shape index (κ2) is 9.10. The van der Waals surface area contributed by atoms with E-state index in [9.17, 15) is 0 Å². The van der Waals surface area contributed by atoms with Crippen molar-refractivity contribution in [1.82, 2.24) is 9.78 Å². The highest BCUT2D eigenvalue weighted by molar-refractivity contribution is 6.51. The summed E-state index contributed by atoms with van der Waals surface area (Å²) in [6.07, 6.45) is 0. The molecule has 1 N–H and O–H groups in total. The molecule has 0 unspecified atom stereocenters. The van der Waals surface area contributed by atoms with Crippen LogP contribution in [0.15, 0.2) is 113 Å². The van der Waals surface area contributed by atoms with Crippen LogP contribution in [0.1, 0.15) is 34.0 Å². The fourth-order valence-corrected chi connectivity index (χ4v) is 5.47. The van der Waals surface area contributed by atoms with E-state index in [-0.39, 0.29) is 6.04 Å². The molecule has 0 bridgehead atoms. The van der Waals surface area contributed by atoms with Crippen molar-refractivity contribution in [3.8, 4) is 5.69 Å². The van der Waals surface area contributed by atoms with Crippen LogP contribution in [0.25, 0.3) is 5.69 Å². The quantitative estimate of drug-likeness (QED) is 0.273. The largest absolute Gasteiger partial charge is 0.337 e. The third-order valence-electron chi connectivity index (χ3n) is 7.31. The van der Waals surface area contributed by atoms with E-state index in [2.05, 4.69) is 128 Å². The van der Waals surface area contributed by atoms with Crippen LogP contribution in [0.5, 0.6) is 0 Å². The van der Waals surface area contributed by atoms with E-state index in [0.29, 0.717) is 5.84 Å². The molecule has 0 fully saturated rings. The third kappa shape index (κ3) is 3.92. The van der Waals surface area contributed by atoms with Crippen LogP contribution >= 0.6 is 0 Å². The Kier molecular flexibility index (Phi) is 5.40. The highest BCUT2D eigenvalue weighted by atomic mass is 15.4. The van der Waals surface area contributed by atoms with Gasteiger partial charge in [0.2, 0.25) is 0 Å². The molecule has 3 heterocycles. The van der Waals surface area contributed by atoms with Gasteiger partial charge in [-0.05, 0) is 68.3 Å². The number of anilines is 2. The molecular weight excluding hydrogens is 480 g/mol. The summed E-state index contributed by atoms with van der Waals surface area (Å²) in [5.74, 6) is 2.31. The number of amidine groups is 2. The minimum atomic E-state index is -0.126. The standard InChI is InChI=1S/C33H28N6/c1-21-16-18-26(19-17-21)39-32-29(23(3)37-39)30(24-11-5-4-6-12-24)38-28-15-8-7-14-27(28)35-31(33(38)36-32)34-25-13-9-10-22(2)20-25/h4-20,30H,1-3H3,(H,34,35)/t30-/m0/s1. The second-order valence-corrected chi connectivity index (χ2v) is 10.1. The summed E-state index contributed by atoms with van der Waals surface area (Å²) in [5.41, 5.74) is 9.48. The predicted molar refractivity (Wildman–Crippen MR) is 159 cm³/mol. The first-order valence-corrected chi connectivity index (χ1v) is 13.2. The Morgan fingerprint density at radius 2 is 1.49 bits per heavy atom. The zero-order chi connectivity index (χ0) is 26.5. The molecule has 6 heteroatoms. The van der Waals surface area contributed by atoms with Gasteiger partial charge in [-0.1, -0.05) is 72.3 Å². The van der Waals surface area contributed by atoms with Crippen molar-refractivity contribution in [2.24, 2.45) is 9.98 Å². The van der Waals surface area contributed by atoms with Gasteiger partial charge in [0.25, 0.3) is 0 Å². The monoisotopic (exact) mass is 508 g/mol. The number of aliphatic imine (C=N–C) groups is 2. The van der Waals surface area contributed by atoms with Crippen LogP contribution in [0.4, 0.5) is 22.9 Å². The lowest BCUT2D eigenvalue weighted by Crippen LogP contribution is -2.46. The van der Waals surface area contributed by atoms with Gasteiger partial charge in [0, 0.05) is 11.3 Å². The van der Waals surface area contributed by atoms with Gasteiger partial charge < -0.3 is 10.2 Å². The number of aryl methyl sites for hydroxylation is 3. The van der Waals surface area contributed by atoms with Crippen molar-refractivity contribution < 1.29 is 0 Å². The minimum absolute atomic E-state index is 0.126. The molecule has 5 aromatic rings. The number of nitrogens with zero attached hydrogens (tertiary/aromatic N) is 5. The number of rotatable bonds is 3. The first-order chi connectivity index (χ1) is 19.1. The average Bonchev–Trinajstić information content (AvgIpc) is 3.29. The zero-order valence-electron chi connectivity index (χ0n) is 22.1. The van der Waals surface area contributed by atoms with Crippen LogP contribution in [0, 0.1) is 20.8 Å². The Labute approximate surface area is 228 Å². The molecule has 0 saturated carbocycles. The van der Waals surface area contributed by atoms with Crippen LogP contribution in [0.3, 0.4) is 0 Å². The van der Waals surface area contributed by atoms with Gasteiger partial charge in [-0.3, -0.25) is 0 Å². The smallest absolute Gasteiger partial charge is 0.179 e. The Morgan fingerprint density at radius 1 is 0.718 bits per heavy atom. The normalized spacial score (nSPS) is 15.6. The van der Waals surface area contributed by atoms with E-state index < -0.39 is 0 Å². The maximum absolute atomic E-state index is 5.31. The number of hydrogen-bond donors (Lipinski definition) is 1. The maximum Gasteiger partial charge on any atom is 0.179 e. The van der Waals surface area contributed by atoms with Gasteiger partial charge in [0.15, 0.2) is 17.5 Å². The summed E-state index contributed by atoms with van der Waals surface area (Å²) in [6, 6.07) is 35.5. The third-order valence-corrected chi connectivity index (χ3v) is 7.31. The molecule has 0 spiro atoms. The van der Waals surface area contributed by atoms with E-state index in [1.807, 2.05) is 10.7 Å². The summed E-state index contributed by atoms with van der Waals surface area (Å²) in [7, 11) is 0. The molecule has 0 saturated heterocycles. The van der Waals surface area contributed by atoms with Gasteiger partial charge >= 0.3 is 0 Å². The van der Waals surface area contributed by atoms with Crippen molar-refractivity contribution in [3.05, 3.63) is 131 Å². The Hall–Kier alpha value is -4.97. The van der Waals surface area contributed by atoms with Crippen LogP contribution in [-0.4, -0.2) is 21.5 Å². The lowest BCUT2D eigenvalue weighted by atomic mass is 9.93. The zero-order valence-corrected chi connectivity index (χ0v) is 22.1. The van der Waals surface area contributed by atoms with E-state index in [1.165, 1.54) is 16.7 Å². The molecule has 39 heavy (non-hydrogen) atoms. The highest BCUT2D eigenvalue weighted by Gasteiger charge is 2.41. The molecule has 2 aliphatic rings. The molecule has 6 nitrogen and oxygen atoms in total. The maximum atomic E-state index is 5.31. The summed E-state index contributed by atoms with van der Waals surface area (Å²) < 4.78 is 1.97. The van der Waals surface area contributed by atoms with E-state index in [1.54, 1.807) is 0 Å². The SMILES string of the molecule is Cc1ccc(-n2nc(C)c3c2N=C2C(Nc4cccc(C)c4)=Nc4ccccc4N2[C@H]3c2ccccc2)cc1. The number of benzene rings is 4. The van der Waals surface area contributed by atoms with Crippen LogP contribution in [-0.2, 0) is 0 Å². The van der Waals surface area contributed by atoms with Crippen molar-refractivity contribution in [2.75, 3.05) is 10.2 Å². The number of para-hydroxylation sites is 2. The summed E-state index contributed by atoms with van der Waals surface area (Å²) in [6.45, 7) is 6.26. The fraction of sp³-hybridized carbons (Fsp3) is 0.121.